The summed E-state index contributed by atoms with van der Waals surface area (Å²) in [6.07, 6.45) is 0. The maximum absolute atomic E-state index is 14.9. The van der Waals surface area contributed by atoms with Crippen LogP contribution in [-0.2, 0) is 9.59 Å². The van der Waals surface area contributed by atoms with Crippen LogP contribution in [0.15, 0.2) is 66.2 Å². The molecule has 6 nitrogen and oxygen atoms in total. The van der Waals surface area contributed by atoms with E-state index in [9.17, 15) is 19.1 Å². The van der Waals surface area contributed by atoms with Gasteiger partial charge in [0.1, 0.15) is 17.3 Å². The fourth-order valence-electron chi connectivity index (χ4n) is 3.88. The average Bonchev–Trinajstić information content (AvgIpc) is 3.09. The van der Waals surface area contributed by atoms with Crippen LogP contribution in [0.2, 0.25) is 10.0 Å². The number of rotatable bonds is 5. The number of anilines is 1. The van der Waals surface area contributed by atoms with E-state index in [2.05, 4.69) is 0 Å². The number of carbonyl (C=O) groups is 2. The third kappa shape index (κ3) is 3.97. The van der Waals surface area contributed by atoms with E-state index in [4.69, 9.17) is 32.7 Å². The minimum atomic E-state index is -1.24. The maximum atomic E-state index is 14.9. The molecule has 4 rings (SSSR count). The van der Waals surface area contributed by atoms with Crippen LogP contribution in [0.1, 0.15) is 17.2 Å². The first-order valence-corrected chi connectivity index (χ1v) is 10.8. The second-order valence-electron chi connectivity index (χ2n) is 7.36. The van der Waals surface area contributed by atoms with Gasteiger partial charge in [-0.05, 0) is 42.5 Å². The number of ketones is 1. The summed E-state index contributed by atoms with van der Waals surface area (Å²) in [5.74, 6) is -2.39. The van der Waals surface area contributed by atoms with E-state index < -0.39 is 29.3 Å². The van der Waals surface area contributed by atoms with Gasteiger partial charge in [-0.3, -0.25) is 14.5 Å². The summed E-state index contributed by atoms with van der Waals surface area (Å²) in [6, 6.07) is 13.5. The molecule has 1 unspecified atom stereocenters. The molecule has 1 fully saturated rings. The Labute approximate surface area is 204 Å². The second kappa shape index (κ2) is 9.37. The number of aliphatic hydroxyl groups is 1. The molecule has 0 saturated carbocycles. The Morgan fingerprint density at radius 1 is 0.971 bits per heavy atom. The molecular formula is C25H18Cl2FNO5. The summed E-state index contributed by atoms with van der Waals surface area (Å²) in [7, 11) is 2.87. The number of halogens is 3. The first kappa shape index (κ1) is 23.6. The predicted octanol–water partition coefficient (Wildman–Crippen LogP) is 5.78. The van der Waals surface area contributed by atoms with Crippen molar-refractivity contribution in [2.75, 3.05) is 19.1 Å². The molecule has 3 aromatic carbocycles. The quantitative estimate of drug-likeness (QED) is 0.272. The van der Waals surface area contributed by atoms with Crippen molar-refractivity contribution >= 4 is 46.3 Å². The Kier molecular flexibility index (Phi) is 6.50. The number of methoxy groups -OCH3 is 2. The van der Waals surface area contributed by atoms with Crippen LogP contribution in [0.3, 0.4) is 0 Å². The van der Waals surface area contributed by atoms with Crippen LogP contribution >= 0.6 is 23.2 Å². The Bertz CT molecular complexity index is 1300. The Morgan fingerprint density at radius 2 is 1.59 bits per heavy atom. The number of benzene rings is 3. The fraction of sp³-hybridized carbons (Fsp3) is 0.120. The van der Waals surface area contributed by atoms with Crippen LogP contribution in [0.25, 0.3) is 5.76 Å². The third-order valence-corrected chi connectivity index (χ3v) is 6.03. The summed E-state index contributed by atoms with van der Waals surface area (Å²) in [5, 5.41) is 11.3. The van der Waals surface area contributed by atoms with Crippen LogP contribution in [0, 0.1) is 5.82 Å². The molecule has 1 heterocycles. The number of hydrogen-bond acceptors (Lipinski definition) is 5. The van der Waals surface area contributed by atoms with Gasteiger partial charge >= 0.3 is 0 Å². The van der Waals surface area contributed by atoms with E-state index in [0.717, 1.165) is 4.90 Å². The fourth-order valence-corrected chi connectivity index (χ4v) is 4.52. The van der Waals surface area contributed by atoms with Gasteiger partial charge in [-0.15, -0.1) is 0 Å². The van der Waals surface area contributed by atoms with Crippen LogP contribution in [0.5, 0.6) is 11.5 Å². The summed E-state index contributed by atoms with van der Waals surface area (Å²) in [5.41, 5.74) is 0.124. The molecule has 0 spiro atoms. The van der Waals surface area contributed by atoms with Gasteiger partial charge in [0.05, 0.1) is 35.9 Å². The molecule has 1 aliphatic heterocycles. The number of nitrogens with zero attached hydrogens (tertiary/aromatic N) is 1. The molecule has 1 amide bonds. The average molecular weight is 502 g/mol. The van der Waals surface area contributed by atoms with Gasteiger partial charge in [-0.25, -0.2) is 4.39 Å². The van der Waals surface area contributed by atoms with Crippen LogP contribution in [-0.4, -0.2) is 31.0 Å². The van der Waals surface area contributed by atoms with Crippen molar-refractivity contribution in [2.24, 2.45) is 0 Å². The van der Waals surface area contributed by atoms with Gasteiger partial charge in [0.25, 0.3) is 11.7 Å². The Morgan fingerprint density at radius 3 is 2.15 bits per heavy atom. The van der Waals surface area contributed by atoms with E-state index in [-0.39, 0.29) is 32.5 Å². The molecule has 9 heteroatoms. The highest BCUT2D eigenvalue weighted by molar-refractivity contribution is 6.51. The monoisotopic (exact) mass is 501 g/mol. The van der Waals surface area contributed by atoms with Gasteiger partial charge in [0.2, 0.25) is 0 Å². The van der Waals surface area contributed by atoms with Gasteiger partial charge < -0.3 is 14.6 Å². The second-order valence-corrected chi connectivity index (χ2v) is 8.18. The molecular weight excluding hydrogens is 484 g/mol. The van der Waals surface area contributed by atoms with Crippen molar-refractivity contribution in [3.05, 3.63) is 93.2 Å². The predicted molar refractivity (Wildman–Crippen MR) is 127 cm³/mol. The molecule has 1 aliphatic rings. The number of carbonyl (C=O) groups excluding carboxylic acids is 2. The van der Waals surface area contributed by atoms with Crippen molar-refractivity contribution in [1.29, 1.82) is 0 Å². The molecule has 174 valence electrons. The summed E-state index contributed by atoms with van der Waals surface area (Å²) >= 11 is 12.4. The minimum absolute atomic E-state index is 0.0322. The van der Waals surface area contributed by atoms with E-state index in [0.29, 0.717) is 11.4 Å². The largest absolute Gasteiger partial charge is 0.507 e. The highest BCUT2D eigenvalue weighted by atomic mass is 35.5. The van der Waals surface area contributed by atoms with Crippen molar-refractivity contribution in [3.63, 3.8) is 0 Å². The van der Waals surface area contributed by atoms with Gasteiger partial charge in [0, 0.05) is 16.8 Å². The molecule has 0 radical (unpaired) electrons. The summed E-state index contributed by atoms with van der Waals surface area (Å²) in [4.78, 5) is 27.4. The van der Waals surface area contributed by atoms with E-state index in [1.807, 2.05) is 0 Å². The zero-order chi connectivity index (χ0) is 24.6. The van der Waals surface area contributed by atoms with E-state index >= 15 is 0 Å². The lowest BCUT2D eigenvalue weighted by Crippen LogP contribution is -2.29. The number of Topliss-reactive ketones (excluding diaryl/α,β-unsaturated/α-hetero) is 1. The normalized spacial score (nSPS) is 17.2. The molecule has 1 N–H and O–H groups in total. The molecule has 1 saturated heterocycles. The van der Waals surface area contributed by atoms with E-state index in [1.54, 1.807) is 30.3 Å². The first-order valence-electron chi connectivity index (χ1n) is 10.0. The van der Waals surface area contributed by atoms with Crippen molar-refractivity contribution in [2.45, 2.75) is 6.04 Å². The highest BCUT2D eigenvalue weighted by Gasteiger charge is 2.47. The third-order valence-electron chi connectivity index (χ3n) is 5.47. The van der Waals surface area contributed by atoms with Crippen LogP contribution < -0.4 is 14.4 Å². The minimum Gasteiger partial charge on any atom is -0.507 e. The van der Waals surface area contributed by atoms with Crippen molar-refractivity contribution in [1.82, 2.24) is 0 Å². The van der Waals surface area contributed by atoms with E-state index in [1.165, 1.54) is 44.6 Å². The number of amides is 1. The van der Waals surface area contributed by atoms with Gasteiger partial charge in [-0.1, -0.05) is 41.4 Å². The number of ether oxygens (including phenoxy) is 2. The Hall–Kier alpha value is -3.55. The number of hydrogen-bond donors (Lipinski definition) is 1. The molecule has 3 aromatic rings. The zero-order valence-corrected chi connectivity index (χ0v) is 19.5. The lowest BCUT2D eigenvalue weighted by Gasteiger charge is -2.26. The van der Waals surface area contributed by atoms with Crippen molar-refractivity contribution in [3.8, 4) is 11.5 Å². The molecule has 0 aromatic heterocycles. The first-order chi connectivity index (χ1) is 16.3. The maximum Gasteiger partial charge on any atom is 0.300 e. The lowest BCUT2D eigenvalue weighted by atomic mass is 9.94. The van der Waals surface area contributed by atoms with Crippen LogP contribution in [0.4, 0.5) is 10.1 Å². The van der Waals surface area contributed by atoms with Gasteiger partial charge in [-0.2, -0.15) is 0 Å². The summed E-state index contributed by atoms with van der Waals surface area (Å²) < 4.78 is 25.2. The topological polar surface area (TPSA) is 76.1 Å². The molecule has 0 bridgehead atoms. The smallest absolute Gasteiger partial charge is 0.300 e. The van der Waals surface area contributed by atoms with Gasteiger partial charge in [0.15, 0.2) is 5.75 Å². The van der Waals surface area contributed by atoms with Crippen molar-refractivity contribution < 1.29 is 28.6 Å². The zero-order valence-electron chi connectivity index (χ0n) is 18.0. The Balaban J connectivity index is 1.96. The molecule has 34 heavy (non-hydrogen) atoms. The standard InChI is InChI=1S/C25H18Cl2FNO5/c1-33-15-9-7-14(8-10-15)29-21(16-5-3-4-6-19(16)28)20(23(31)25(29)32)22(30)13-11-17(26)24(34-2)18(27)12-13/h3-12,21,30H,1-2H3/b22-20+. The lowest BCUT2D eigenvalue weighted by molar-refractivity contribution is -0.132. The SMILES string of the molecule is COc1ccc(N2C(=O)C(=O)/C(=C(/O)c3cc(Cl)c(OC)c(Cl)c3)C2c2ccccc2F)cc1. The number of aliphatic hydroxyl groups excluding tert-OH is 1. The molecule has 0 aliphatic carbocycles. The summed E-state index contributed by atoms with van der Waals surface area (Å²) in [6.45, 7) is 0. The highest BCUT2D eigenvalue weighted by Crippen LogP contribution is 2.44. The molecule has 1 atom stereocenters.